The molecule has 1 aliphatic heterocycles. The maximum Gasteiger partial charge on any atom is 0.326 e. The van der Waals surface area contributed by atoms with Crippen molar-refractivity contribution in [2.45, 2.75) is 31.8 Å². The Morgan fingerprint density at radius 2 is 2.14 bits per heavy atom. The Morgan fingerprint density at radius 3 is 2.82 bits per heavy atom. The number of hydrogen-bond acceptors (Lipinski definition) is 3. The molecule has 0 radical (unpaired) electrons. The average molecular weight is 367 g/mol. The zero-order valence-corrected chi connectivity index (χ0v) is 14.7. The highest BCUT2D eigenvalue weighted by atomic mass is 79.9. The molecular formula is C16H23BrN4O. The first kappa shape index (κ1) is 15.8. The summed E-state index contributed by atoms with van der Waals surface area (Å²) in [7, 11) is 2.00. The van der Waals surface area contributed by atoms with E-state index in [9.17, 15) is 4.79 Å². The summed E-state index contributed by atoms with van der Waals surface area (Å²) in [4.78, 5) is 17.8. The molecule has 3 rings (SSSR count). The molecule has 1 aliphatic rings. The lowest BCUT2D eigenvalue weighted by atomic mass is 10.0. The highest BCUT2D eigenvalue weighted by molar-refractivity contribution is 9.10. The number of fused-ring (bicyclic) bond motifs is 1. The van der Waals surface area contributed by atoms with Crippen LogP contribution in [-0.2, 0) is 0 Å². The fourth-order valence-corrected chi connectivity index (χ4v) is 3.67. The predicted octanol–water partition coefficient (Wildman–Crippen LogP) is 2.34. The molecule has 0 bridgehead atoms. The van der Waals surface area contributed by atoms with Gasteiger partial charge in [0, 0.05) is 36.2 Å². The van der Waals surface area contributed by atoms with Gasteiger partial charge in [-0.05, 0) is 45.0 Å². The number of hydrogen-bond donors (Lipinski definition) is 2. The van der Waals surface area contributed by atoms with Crippen LogP contribution in [0.2, 0.25) is 0 Å². The third-order valence-electron chi connectivity index (χ3n) is 4.63. The maximum absolute atomic E-state index is 12.3. The van der Waals surface area contributed by atoms with Gasteiger partial charge < -0.3 is 15.2 Å². The Hall–Kier alpha value is -1.11. The van der Waals surface area contributed by atoms with Crippen molar-refractivity contribution in [1.82, 2.24) is 19.8 Å². The second-order valence-electron chi connectivity index (χ2n) is 6.18. The number of aromatic amines is 1. The summed E-state index contributed by atoms with van der Waals surface area (Å²) in [6, 6.07) is 6.79. The molecule has 22 heavy (non-hydrogen) atoms. The van der Waals surface area contributed by atoms with Gasteiger partial charge in [-0.1, -0.05) is 15.9 Å². The molecule has 2 heterocycles. The van der Waals surface area contributed by atoms with E-state index in [1.165, 1.54) is 0 Å². The summed E-state index contributed by atoms with van der Waals surface area (Å²) in [5.74, 6) is 0. The van der Waals surface area contributed by atoms with Crippen LogP contribution in [0.15, 0.2) is 27.5 Å². The summed E-state index contributed by atoms with van der Waals surface area (Å²) in [6.07, 6.45) is 2.05. The van der Waals surface area contributed by atoms with E-state index in [1.54, 1.807) is 0 Å². The molecule has 2 aromatic rings. The Morgan fingerprint density at radius 1 is 1.41 bits per heavy atom. The number of likely N-dealkylation sites (tertiary alicyclic amines) is 1. The van der Waals surface area contributed by atoms with Crippen LogP contribution >= 0.6 is 15.9 Å². The largest absolute Gasteiger partial charge is 0.326 e. The fourth-order valence-electron chi connectivity index (χ4n) is 3.30. The van der Waals surface area contributed by atoms with Crippen molar-refractivity contribution in [1.29, 1.82) is 0 Å². The molecule has 1 unspecified atom stereocenters. The van der Waals surface area contributed by atoms with Gasteiger partial charge in [-0.2, -0.15) is 0 Å². The van der Waals surface area contributed by atoms with Gasteiger partial charge in [0.1, 0.15) is 0 Å². The maximum atomic E-state index is 12.3. The number of rotatable bonds is 4. The number of nitrogens with zero attached hydrogens (tertiary/aromatic N) is 2. The number of imidazole rings is 1. The molecule has 1 aromatic carbocycles. The Bertz CT molecular complexity index is 700. The molecule has 0 aliphatic carbocycles. The van der Waals surface area contributed by atoms with Crippen LogP contribution in [0.25, 0.3) is 11.0 Å². The first-order chi connectivity index (χ1) is 10.6. The third kappa shape index (κ3) is 3.14. The van der Waals surface area contributed by atoms with Gasteiger partial charge in [0.05, 0.1) is 11.0 Å². The molecule has 0 saturated carbocycles. The van der Waals surface area contributed by atoms with Gasteiger partial charge in [0.2, 0.25) is 0 Å². The molecule has 5 nitrogen and oxygen atoms in total. The van der Waals surface area contributed by atoms with Gasteiger partial charge in [-0.25, -0.2) is 4.79 Å². The Kier molecular flexibility index (Phi) is 4.70. The minimum atomic E-state index is 0.00939. The number of H-pyrrole nitrogens is 1. The normalized spacial score (nSPS) is 18.9. The monoisotopic (exact) mass is 366 g/mol. The van der Waals surface area contributed by atoms with Crippen LogP contribution in [0.4, 0.5) is 0 Å². The van der Waals surface area contributed by atoms with Crippen molar-refractivity contribution < 1.29 is 0 Å². The number of piperidine rings is 1. The van der Waals surface area contributed by atoms with Crippen LogP contribution < -0.4 is 11.0 Å². The van der Waals surface area contributed by atoms with Crippen molar-refractivity contribution in [3.63, 3.8) is 0 Å². The van der Waals surface area contributed by atoms with Crippen molar-refractivity contribution >= 4 is 27.0 Å². The topological polar surface area (TPSA) is 53.1 Å². The molecule has 6 heteroatoms. The van der Waals surface area contributed by atoms with E-state index in [4.69, 9.17) is 0 Å². The van der Waals surface area contributed by atoms with E-state index in [2.05, 4.69) is 38.1 Å². The lowest BCUT2D eigenvalue weighted by Gasteiger charge is -2.33. The molecular weight excluding hydrogens is 344 g/mol. The molecule has 0 amide bonds. The molecule has 0 spiro atoms. The quantitative estimate of drug-likeness (QED) is 0.872. The molecule has 2 N–H and O–H groups in total. The van der Waals surface area contributed by atoms with E-state index in [0.717, 1.165) is 48.0 Å². The fraction of sp³-hybridized carbons (Fsp3) is 0.562. The number of likely N-dealkylation sites (N-methyl/N-ethyl adjacent to an activating group) is 1. The summed E-state index contributed by atoms with van der Waals surface area (Å²) in [5.41, 5.74) is 1.93. The molecule has 120 valence electrons. The summed E-state index contributed by atoms with van der Waals surface area (Å²) >= 11 is 3.46. The van der Waals surface area contributed by atoms with Gasteiger partial charge in [-0.15, -0.1) is 0 Å². The lowest BCUT2D eigenvalue weighted by molar-refractivity contribution is 0.175. The first-order valence-electron chi connectivity index (χ1n) is 7.88. The average Bonchev–Trinajstić information content (AvgIpc) is 2.83. The standard InChI is InChI=1S/C16H23BrN4O/c1-11(18-2)10-20-7-5-13(6-8-20)21-15-4-3-12(17)9-14(15)19-16(21)22/h3-4,9,11,13,18H,5-8,10H2,1-2H3,(H,19,22). The molecule has 1 aromatic heterocycles. The van der Waals surface area contributed by atoms with Crippen molar-refractivity contribution in [2.24, 2.45) is 0 Å². The number of benzene rings is 1. The second kappa shape index (κ2) is 6.56. The number of nitrogens with one attached hydrogen (secondary N) is 2. The second-order valence-corrected chi connectivity index (χ2v) is 7.10. The van der Waals surface area contributed by atoms with Crippen LogP contribution in [0.1, 0.15) is 25.8 Å². The van der Waals surface area contributed by atoms with Crippen molar-refractivity contribution in [3.05, 3.63) is 33.2 Å². The highest BCUT2D eigenvalue weighted by Gasteiger charge is 2.24. The van der Waals surface area contributed by atoms with Gasteiger partial charge >= 0.3 is 5.69 Å². The first-order valence-corrected chi connectivity index (χ1v) is 8.67. The van der Waals surface area contributed by atoms with Crippen molar-refractivity contribution in [2.75, 3.05) is 26.7 Å². The summed E-state index contributed by atoms with van der Waals surface area (Å²) in [6.45, 7) is 5.37. The van der Waals surface area contributed by atoms with E-state index in [-0.39, 0.29) is 5.69 Å². The van der Waals surface area contributed by atoms with Crippen LogP contribution in [-0.4, -0.2) is 47.2 Å². The Balaban J connectivity index is 1.77. The number of aromatic nitrogens is 2. The minimum absolute atomic E-state index is 0.00939. The SMILES string of the molecule is CNC(C)CN1CCC(n2c(=O)[nH]c3cc(Br)ccc32)CC1. The lowest BCUT2D eigenvalue weighted by Crippen LogP contribution is -2.43. The summed E-state index contributed by atoms with van der Waals surface area (Å²) in [5, 5.41) is 3.28. The predicted molar refractivity (Wildman–Crippen MR) is 93.5 cm³/mol. The summed E-state index contributed by atoms with van der Waals surface area (Å²) < 4.78 is 2.94. The van der Waals surface area contributed by atoms with E-state index >= 15 is 0 Å². The molecule has 1 atom stereocenters. The van der Waals surface area contributed by atoms with Crippen molar-refractivity contribution in [3.8, 4) is 0 Å². The smallest absolute Gasteiger partial charge is 0.316 e. The van der Waals surface area contributed by atoms with E-state index < -0.39 is 0 Å². The Labute approximate surface area is 138 Å². The zero-order chi connectivity index (χ0) is 15.7. The highest BCUT2D eigenvalue weighted by Crippen LogP contribution is 2.26. The van der Waals surface area contributed by atoms with Gasteiger partial charge in [0.15, 0.2) is 0 Å². The van der Waals surface area contributed by atoms with Crippen LogP contribution in [0.5, 0.6) is 0 Å². The van der Waals surface area contributed by atoms with Gasteiger partial charge in [-0.3, -0.25) is 4.57 Å². The van der Waals surface area contributed by atoms with Gasteiger partial charge in [0.25, 0.3) is 0 Å². The third-order valence-corrected chi connectivity index (χ3v) is 5.12. The molecule has 1 saturated heterocycles. The van der Waals surface area contributed by atoms with Crippen LogP contribution in [0.3, 0.4) is 0 Å². The van der Waals surface area contributed by atoms with E-state index in [1.807, 2.05) is 29.8 Å². The number of halogens is 1. The zero-order valence-electron chi connectivity index (χ0n) is 13.1. The molecule has 1 fully saturated rings. The minimum Gasteiger partial charge on any atom is -0.316 e. The van der Waals surface area contributed by atoms with E-state index in [0.29, 0.717) is 12.1 Å². The van der Waals surface area contributed by atoms with Crippen LogP contribution in [0, 0.1) is 0 Å².